The molecule has 1 unspecified atom stereocenters. The molecule has 0 bridgehead atoms. The summed E-state index contributed by atoms with van der Waals surface area (Å²) in [6, 6.07) is 13.9. The number of rotatable bonds is 9. The Balaban J connectivity index is 1.89. The molecule has 27 heavy (non-hydrogen) atoms. The summed E-state index contributed by atoms with van der Waals surface area (Å²) in [5.41, 5.74) is 1.25. The average Bonchev–Trinajstić information content (AvgIpc) is 2.64. The van der Waals surface area contributed by atoms with Crippen molar-refractivity contribution in [3.63, 3.8) is 0 Å². The SMILES string of the molecule is CCCCCC(=O)Nc1cccc(NC(=O)C(C)Oc2ccc(Cl)cc2)c1. The van der Waals surface area contributed by atoms with E-state index in [0.29, 0.717) is 28.6 Å². The molecule has 0 aliphatic rings. The molecule has 2 amide bonds. The van der Waals surface area contributed by atoms with Gasteiger partial charge in [-0.1, -0.05) is 37.4 Å². The molecule has 2 rings (SSSR count). The molecule has 0 aliphatic carbocycles. The van der Waals surface area contributed by atoms with Gasteiger partial charge in [0.05, 0.1) is 0 Å². The first-order chi connectivity index (χ1) is 13.0. The Morgan fingerprint density at radius 3 is 2.37 bits per heavy atom. The first-order valence-corrected chi connectivity index (χ1v) is 9.48. The van der Waals surface area contributed by atoms with Crippen LogP contribution in [0.5, 0.6) is 5.75 Å². The highest BCUT2D eigenvalue weighted by atomic mass is 35.5. The highest BCUT2D eigenvalue weighted by molar-refractivity contribution is 6.30. The highest BCUT2D eigenvalue weighted by Crippen LogP contribution is 2.19. The van der Waals surface area contributed by atoms with Crippen molar-refractivity contribution in [2.75, 3.05) is 10.6 Å². The Labute approximate surface area is 165 Å². The Kier molecular flexibility index (Phi) is 8.14. The summed E-state index contributed by atoms with van der Waals surface area (Å²) < 4.78 is 5.61. The van der Waals surface area contributed by atoms with E-state index in [-0.39, 0.29) is 11.8 Å². The molecule has 0 fully saturated rings. The number of halogens is 1. The third kappa shape index (κ3) is 7.31. The molecule has 0 spiro atoms. The van der Waals surface area contributed by atoms with E-state index < -0.39 is 6.10 Å². The lowest BCUT2D eigenvalue weighted by Crippen LogP contribution is -2.30. The third-order valence-corrected chi connectivity index (χ3v) is 4.17. The molecule has 2 aromatic carbocycles. The fourth-order valence-corrected chi connectivity index (χ4v) is 2.57. The van der Waals surface area contributed by atoms with Crippen LogP contribution in [0.4, 0.5) is 11.4 Å². The molecule has 2 N–H and O–H groups in total. The molecule has 2 aromatic rings. The Hall–Kier alpha value is -2.53. The van der Waals surface area contributed by atoms with Gasteiger partial charge in [-0.15, -0.1) is 0 Å². The molecular formula is C21H25ClN2O3. The number of anilines is 2. The van der Waals surface area contributed by atoms with Crippen molar-refractivity contribution in [2.45, 2.75) is 45.6 Å². The summed E-state index contributed by atoms with van der Waals surface area (Å²) in [4.78, 5) is 24.3. The third-order valence-electron chi connectivity index (χ3n) is 3.92. The van der Waals surface area contributed by atoms with Gasteiger partial charge in [-0.05, 0) is 55.8 Å². The molecule has 0 saturated heterocycles. The van der Waals surface area contributed by atoms with Crippen LogP contribution in [-0.4, -0.2) is 17.9 Å². The zero-order valence-electron chi connectivity index (χ0n) is 15.6. The number of amides is 2. The van der Waals surface area contributed by atoms with E-state index in [1.54, 1.807) is 55.5 Å². The van der Waals surface area contributed by atoms with E-state index in [2.05, 4.69) is 17.6 Å². The monoisotopic (exact) mass is 388 g/mol. The number of ether oxygens (including phenoxy) is 1. The summed E-state index contributed by atoms with van der Waals surface area (Å²) >= 11 is 5.84. The van der Waals surface area contributed by atoms with Crippen LogP contribution in [-0.2, 0) is 9.59 Å². The van der Waals surface area contributed by atoms with E-state index in [0.717, 1.165) is 19.3 Å². The predicted molar refractivity (Wildman–Crippen MR) is 109 cm³/mol. The zero-order chi connectivity index (χ0) is 19.6. The summed E-state index contributed by atoms with van der Waals surface area (Å²) in [6.07, 6.45) is 2.80. The second-order valence-corrected chi connectivity index (χ2v) is 6.73. The molecule has 6 heteroatoms. The van der Waals surface area contributed by atoms with Crippen molar-refractivity contribution in [3.8, 4) is 5.75 Å². The van der Waals surface area contributed by atoms with E-state index in [9.17, 15) is 9.59 Å². The average molecular weight is 389 g/mol. The Morgan fingerprint density at radius 2 is 1.70 bits per heavy atom. The summed E-state index contributed by atoms with van der Waals surface area (Å²) in [5, 5.41) is 6.26. The standard InChI is InChI=1S/C21H25ClN2O3/c1-3-4-5-9-20(25)23-17-7-6-8-18(14-17)24-21(26)15(2)27-19-12-10-16(22)11-13-19/h6-8,10-15H,3-5,9H2,1-2H3,(H,23,25)(H,24,26). The number of unbranched alkanes of at least 4 members (excludes halogenated alkanes) is 2. The van der Waals surface area contributed by atoms with Gasteiger partial charge >= 0.3 is 0 Å². The maximum atomic E-state index is 12.3. The smallest absolute Gasteiger partial charge is 0.265 e. The van der Waals surface area contributed by atoms with Gasteiger partial charge in [-0.2, -0.15) is 0 Å². The van der Waals surface area contributed by atoms with Crippen molar-refractivity contribution in [1.82, 2.24) is 0 Å². The molecule has 0 aliphatic heterocycles. The molecule has 144 valence electrons. The van der Waals surface area contributed by atoms with Crippen LogP contribution < -0.4 is 15.4 Å². The van der Waals surface area contributed by atoms with Crippen LogP contribution >= 0.6 is 11.6 Å². The summed E-state index contributed by atoms with van der Waals surface area (Å²) in [6.45, 7) is 3.77. The van der Waals surface area contributed by atoms with Crippen molar-refractivity contribution >= 4 is 34.8 Å². The van der Waals surface area contributed by atoms with Crippen molar-refractivity contribution in [2.24, 2.45) is 0 Å². The molecule has 0 radical (unpaired) electrons. The number of hydrogen-bond acceptors (Lipinski definition) is 3. The summed E-state index contributed by atoms with van der Waals surface area (Å²) in [7, 11) is 0. The van der Waals surface area contributed by atoms with Gasteiger partial charge in [0.15, 0.2) is 6.10 Å². The van der Waals surface area contributed by atoms with Crippen molar-refractivity contribution < 1.29 is 14.3 Å². The quantitative estimate of drug-likeness (QED) is 0.575. The number of nitrogens with one attached hydrogen (secondary N) is 2. The van der Waals surface area contributed by atoms with Gasteiger partial charge in [0.2, 0.25) is 5.91 Å². The molecular weight excluding hydrogens is 364 g/mol. The molecule has 0 heterocycles. The van der Waals surface area contributed by atoms with Gasteiger partial charge in [0, 0.05) is 22.8 Å². The number of hydrogen-bond donors (Lipinski definition) is 2. The Morgan fingerprint density at radius 1 is 1.04 bits per heavy atom. The minimum Gasteiger partial charge on any atom is -0.481 e. The second kappa shape index (κ2) is 10.6. The number of benzene rings is 2. The second-order valence-electron chi connectivity index (χ2n) is 6.29. The first-order valence-electron chi connectivity index (χ1n) is 9.11. The highest BCUT2D eigenvalue weighted by Gasteiger charge is 2.15. The number of carbonyl (C=O) groups excluding carboxylic acids is 2. The molecule has 0 saturated carbocycles. The molecule has 5 nitrogen and oxygen atoms in total. The zero-order valence-corrected chi connectivity index (χ0v) is 16.4. The van der Waals surface area contributed by atoms with Gasteiger partial charge in [0.1, 0.15) is 5.75 Å². The van der Waals surface area contributed by atoms with Gasteiger partial charge < -0.3 is 15.4 Å². The largest absolute Gasteiger partial charge is 0.481 e. The fraction of sp³-hybridized carbons (Fsp3) is 0.333. The lowest BCUT2D eigenvalue weighted by molar-refractivity contribution is -0.122. The maximum Gasteiger partial charge on any atom is 0.265 e. The number of carbonyl (C=O) groups is 2. The van der Waals surface area contributed by atoms with Crippen LogP contribution in [0.2, 0.25) is 5.02 Å². The topological polar surface area (TPSA) is 67.4 Å². The van der Waals surface area contributed by atoms with Crippen LogP contribution in [0.3, 0.4) is 0 Å². The molecule has 1 atom stereocenters. The first kappa shape index (κ1) is 20.8. The normalized spacial score (nSPS) is 11.5. The van der Waals surface area contributed by atoms with Crippen LogP contribution in [0, 0.1) is 0 Å². The van der Waals surface area contributed by atoms with E-state index in [4.69, 9.17) is 16.3 Å². The maximum absolute atomic E-state index is 12.3. The van der Waals surface area contributed by atoms with Crippen LogP contribution in [0.25, 0.3) is 0 Å². The Bertz CT molecular complexity index is 762. The minimum atomic E-state index is -0.682. The van der Waals surface area contributed by atoms with Gasteiger partial charge in [0.25, 0.3) is 5.91 Å². The molecule has 0 aromatic heterocycles. The van der Waals surface area contributed by atoms with Crippen molar-refractivity contribution in [1.29, 1.82) is 0 Å². The van der Waals surface area contributed by atoms with E-state index >= 15 is 0 Å². The van der Waals surface area contributed by atoms with Gasteiger partial charge in [-0.3, -0.25) is 9.59 Å². The predicted octanol–water partition coefficient (Wildman–Crippen LogP) is 5.26. The fourth-order valence-electron chi connectivity index (χ4n) is 2.45. The minimum absolute atomic E-state index is 0.0219. The van der Waals surface area contributed by atoms with E-state index in [1.807, 2.05) is 0 Å². The van der Waals surface area contributed by atoms with Crippen molar-refractivity contribution in [3.05, 3.63) is 53.6 Å². The lowest BCUT2D eigenvalue weighted by Gasteiger charge is -2.15. The van der Waals surface area contributed by atoms with Crippen LogP contribution in [0.15, 0.2) is 48.5 Å². The summed E-state index contributed by atoms with van der Waals surface area (Å²) in [5.74, 6) is 0.262. The van der Waals surface area contributed by atoms with Gasteiger partial charge in [-0.25, -0.2) is 0 Å². The van der Waals surface area contributed by atoms with E-state index in [1.165, 1.54) is 0 Å². The van der Waals surface area contributed by atoms with Crippen LogP contribution in [0.1, 0.15) is 39.5 Å². The lowest BCUT2D eigenvalue weighted by atomic mass is 10.2.